The van der Waals surface area contributed by atoms with Crippen LogP contribution in [0.2, 0.25) is 0 Å². The smallest absolute Gasteiger partial charge is 0.356 e. The van der Waals surface area contributed by atoms with Crippen LogP contribution in [0.25, 0.3) is 0 Å². The van der Waals surface area contributed by atoms with Gasteiger partial charge in [-0.25, -0.2) is 9.78 Å². The Labute approximate surface area is 118 Å². The third kappa shape index (κ3) is 2.73. The summed E-state index contributed by atoms with van der Waals surface area (Å²) in [5.41, 5.74) is -0.0918. The first-order valence-electron chi connectivity index (χ1n) is 5.49. The van der Waals surface area contributed by atoms with Gasteiger partial charge in [-0.15, -0.1) is 23.1 Å². The van der Waals surface area contributed by atoms with Crippen LogP contribution in [-0.4, -0.2) is 38.6 Å². The summed E-state index contributed by atoms with van der Waals surface area (Å²) >= 11 is 4.89. The van der Waals surface area contributed by atoms with Gasteiger partial charge < -0.3 is 5.11 Å². The van der Waals surface area contributed by atoms with E-state index in [9.17, 15) is 9.59 Å². The summed E-state index contributed by atoms with van der Waals surface area (Å²) in [6.45, 7) is 3.51. The van der Waals surface area contributed by atoms with Gasteiger partial charge in [0.15, 0.2) is 11.5 Å². The van der Waals surface area contributed by atoms with Crippen LogP contribution in [0.1, 0.15) is 44.3 Å². The number of hydrogen-bond donors (Lipinski definition) is 1. The predicted molar refractivity (Wildman–Crippen MR) is 76.2 cm³/mol. The normalized spacial score (nSPS) is 23.9. The minimum Gasteiger partial charge on any atom is -0.476 e. The fourth-order valence-corrected chi connectivity index (χ4v) is 5.86. The molecule has 1 fully saturated rings. The van der Waals surface area contributed by atoms with Crippen molar-refractivity contribution in [1.82, 2.24) is 4.98 Å². The Kier molecular flexibility index (Phi) is 4.34. The summed E-state index contributed by atoms with van der Waals surface area (Å²) in [6, 6.07) is 0. The van der Waals surface area contributed by atoms with E-state index in [4.69, 9.17) is 5.11 Å². The highest BCUT2D eigenvalue weighted by molar-refractivity contribution is 8.06. The molecular weight excluding hydrogens is 290 g/mol. The van der Waals surface area contributed by atoms with Gasteiger partial charge in [-0.3, -0.25) is 4.79 Å². The number of aromatic nitrogens is 1. The quantitative estimate of drug-likeness (QED) is 0.866. The van der Waals surface area contributed by atoms with Crippen LogP contribution in [0, 0.1) is 0 Å². The van der Waals surface area contributed by atoms with E-state index in [1.54, 1.807) is 11.8 Å². The topological polar surface area (TPSA) is 67.3 Å². The Morgan fingerprint density at radius 2 is 2.00 bits per heavy atom. The SMILES string of the molecule is CC(=O)c1sc(C2SCCSC2C)nc1C(=O)O. The minimum absolute atomic E-state index is 0.0918. The number of carbonyl (C=O) groups excluding carboxylic acids is 1. The van der Waals surface area contributed by atoms with Gasteiger partial charge in [-0.05, 0) is 0 Å². The Bertz CT molecular complexity index is 454. The highest BCUT2D eigenvalue weighted by atomic mass is 32.2. The van der Waals surface area contributed by atoms with Crippen molar-refractivity contribution in [3.8, 4) is 0 Å². The van der Waals surface area contributed by atoms with Crippen molar-refractivity contribution in [3.05, 3.63) is 15.6 Å². The number of hydrogen-bond acceptors (Lipinski definition) is 6. The number of ketones is 1. The third-order valence-electron chi connectivity index (χ3n) is 2.60. The second-order valence-corrected chi connectivity index (χ2v) is 7.72. The van der Waals surface area contributed by atoms with E-state index >= 15 is 0 Å². The summed E-state index contributed by atoms with van der Waals surface area (Å²) in [7, 11) is 0. The number of Topliss-reactive ketones (excluding diaryl/α,β-unsaturated/α-hetero) is 1. The molecule has 1 aliphatic heterocycles. The molecule has 2 rings (SSSR count). The first kappa shape index (κ1) is 13.9. The molecule has 0 spiro atoms. The summed E-state index contributed by atoms with van der Waals surface area (Å²) in [5, 5.41) is 10.4. The maximum Gasteiger partial charge on any atom is 0.356 e. The Hall–Kier alpha value is -0.530. The molecule has 1 aliphatic rings. The molecule has 0 saturated carbocycles. The lowest BCUT2D eigenvalue weighted by atomic mass is 10.3. The molecule has 0 bridgehead atoms. The minimum atomic E-state index is -1.12. The summed E-state index contributed by atoms with van der Waals surface area (Å²) in [5.74, 6) is 0.803. The average Bonchev–Trinajstić information content (AvgIpc) is 2.74. The van der Waals surface area contributed by atoms with Gasteiger partial charge in [-0.2, -0.15) is 11.8 Å². The van der Waals surface area contributed by atoms with Gasteiger partial charge in [0.2, 0.25) is 0 Å². The molecule has 1 aromatic heterocycles. The number of carboxylic acid groups (broad SMARTS) is 1. The van der Waals surface area contributed by atoms with Crippen molar-refractivity contribution >= 4 is 46.6 Å². The molecule has 2 atom stereocenters. The number of rotatable bonds is 3. The van der Waals surface area contributed by atoms with Gasteiger partial charge >= 0.3 is 5.97 Å². The highest BCUT2D eigenvalue weighted by Gasteiger charge is 2.30. The zero-order valence-corrected chi connectivity index (χ0v) is 12.5. The monoisotopic (exact) mass is 303 g/mol. The first-order chi connectivity index (χ1) is 8.50. The maximum atomic E-state index is 11.4. The largest absolute Gasteiger partial charge is 0.476 e. The molecule has 1 N–H and O–H groups in total. The van der Waals surface area contributed by atoms with Crippen molar-refractivity contribution in [3.63, 3.8) is 0 Å². The van der Waals surface area contributed by atoms with Crippen LogP contribution in [0.3, 0.4) is 0 Å². The fourth-order valence-electron chi connectivity index (χ4n) is 1.75. The third-order valence-corrected chi connectivity index (χ3v) is 7.08. The summed E-state index contributed by atoms with van der Waals surface area (Å²) in [4.78, 5) is 27.0. The second-order valence-electron chi connectivity index (χ2n) is 3.96. The van der Waals surface area contributed by atoms with E-state index in [1.165, 1.54) is 18.3 Å². The van der Waals surface area contributed by atoms with Crippen LogP contribution in [0.4, 0.5) is 0 Å². The number of carbonyl (C=O) groups is 2. The number of aromatic carboxylic acids is 1. The lowest BCUT2D eigenvalue weighted by Crippen LogP contribution is -2.15. The van der Waals surface area contributed by atoms with E-state index in [1.807, 2.05) is 11.8 Å². The van der Waals surface area contributed by atoms with E-state index < -0.39 is 5.97 Å². The molecular formula is C11H13NO3S3. The Balaban J connectivity index is 2.36. The molecule has 1 aromatic rings. The second kappa shape index (κ2) is 5.63. The lowest BCUT2D eigenvalue weighted by Gasteiger charge is -2.25. The molecule has 1 saturated heterocycles. The van der Waals surface area contributed by atoms with Crippen molar-refractivity contribution in [2.45, 2.75) is 24.3 Å². The van der Waals surface area contributed by atoms with E-state index in [-0.39, 0.29) is 21.6 Å². The number of thioether (sulfide) groups is 2. The van der Waals surface area contributed by atoms with E-state index in [0.717, 1.165) is 16.5 Å². The lowest BCUT2D eigenvalue weighted by molar-refractivity contribution is 0.0687. The van der Waals surface area contributed by atoms with Crippen LogP contribution < -0.4 is 0 Å². The molecule has 0 aliphatic carbocycles. The molecule has 0 aromatic carbocycles. The fraction of sp³-hybridized carbons (Fsp3) is 0.545. The van der Waals surface area contributed by atoms with Gasteiger partial charge in [0.1, 0.15) is 9.88 Å². The van der Waals surface area contributed by atoms with Crippen LogP contribution in [0.15, 0.2) is 0 Å². The standard InChI is InChI=1S/C11H13NO3S3/c1-5(13)8-7(11(14)15)12-10(18-8)9-6(2)16-3-4-17-9/h6,9H,3-4H2,1-2H3,(H,14,15). The van der Waals surface area contributed by atoms with Crippen molar-refractivity contribution in [2.75, 3.05) is 11.5 Å². The molecule has 2 unspecified atom stereocenters. The molecule has 0 radical (unpaired) electrons. The number of nitrogens with zero attached hydrogens (tertiary/aromatic N) is 1. The van der Waals surface area contributed by atoms with Gasteiger partial charge in [0, 0.05) is 23.7 Å². The van der Waals surface area contributed by atoms with Crippen LogP contribution >= 0.6 is 34.9 Å². The van der Waals surface area contributed by atoms with Crippen molar-refractivity contribution < 1.29 is 14.7 Å². The summed E-state index contributed by atoms with van der Waals surface area (Å²) in [6.07, 6.45) is 0. The van der Waals surface area contributed by atoms with Crippen LogP contribution in [-0.2, 0) is 0 Å². The van der Waals surface area contributed by atoms with Gasteiger partial charge in [0.25, 0.3) is 0 Å². The molecule has 98 valence electrons. The first-order valence-corrected chi connectivity index (χ1v) is 8.40. The highest BCUT2D eigenvalue weighted by Crippen LogP contribution is 2.44. The zero-order chi connectivity index (χ0) is 13.3. The van der Waals surface area contributed by atoms with Crippen molar-refractivity contribution in [2.24, 2.45) is 0 Å². The van der Waals surface area contributed by atoms with E-state index in [0.29, 0.717) is 5.25 Å². The molecule has 0 amide bonds. The van der Waals surface area contributed by atoms with Crippen molar-refractivity contribution in [1.29, 1.82) is 0 Å². The molecule has 18 heavy (non-hydrogen) atoms. The Morgan fingerprint density at radius 1 is 1.33 bits per heavy atom. The maximum absolute atomic E-state index is 11.4. The zero-order valence-electron chi connectivity index (χ0n) is 10.0. The number of carboxylic acids is 1. The average molecular weight is 303 g/mol. The van der Waals surface area contributed by atoms with Gasteiger partial charge in [0.05, 0.1) is 5.25 Å². The van der Waals surface area contributed by atoms with E-state index in [2.05, 4.69) is 11.9 Å². The molecule has 2 heterocycles. The summed E-state index contributed by atoms with van der Waals surface area (Å²) < 4.78 is 0. The predicted octanol–water partition coefficient (Wildman–Crippen LogP) is 2.95. The van der Waals surface area contributed by atoms with Crippen LogP contribution in [0.5, 0.6) is 0 Å². The molecule has 4 nitrogen and oxygen atoms in total. The van der Waals surface area contributed by atoms with Gasteiger partial charge in [-0.1, -0.05) is 6.92 Å². The Morgan fingerprint density at radius 3 is 2.50 bits per heavy atom. The molecule has 7 heteroatoms. The number of thiazole rings is 1.